The molecule has 0 aliphatic carbocycles. The number of hydrogen-bond acceptors (Lipinski definition) is 2. The van der Waals surface area contributed by atoms with E-state index in [2.05, 4.69) is 72.2 Å². The molecule has 0 atom stereocenters. The summed E-state index contributed by atoms with van der Waals surface area (Å²) in [6.45, 7) is 10.9. The number of halogens is 1. The predicted molar refractivity (Wildman–Crippen MR) is 91.9 cm³/mol. The molecule has 0 aliphatic rings. The van der Waals surface area contributed by atoms with Gasteiger partial charge in [-0.3, -0.25) is 0 Å². The number of nitrogens with zero attached hydrogens (tertiary/aromatic N) is 1. The molecule has 0 saturated heterocycles. The fourth-order valence-electron chi connectivity index (χ4n) is 2.13. The third-order valence-electron chi connectivity index (χ3n) is 3.33. The Labute approximate surface area is 133 Å². The van der Waals surface area contributed by atoms with Crippen LogP contribution < -0.4 is 5.32 Å². The highest BCUT2D eigenvalue weighted by Crippen LogP contribution is 2.20. The number of nitrogens with one attached hydrogen (secondary N) is 1. The average Bonchev–Trinajstić information content (AvgIpc) is 2.39. The van der Waals surface area contributed by atoms with Gasteiger partial charge in [-0.2, -0.15) is 0 Å². The molecule has 0 radical (unpaired) electrons. The maximum atomic E-state index is 3.71. The van der Waals surface area contributed by atoms with Crippen molar-refractivity contribution in [2.45, 2.75) is 46.7 Å². The number of benzene rings is 1. The lowest BCUT2D eigenvalue weighted by atomic mass is 10.1. The summed E-state index contributed by atoms with van der Waals surface area (Å²) in [7, 11) is 2.19. The van der Waals surface area contributed by atoms with Crippen molar-refractivity contribution in [1.82, 2.24) is 10.2 Å². The van der Waals surface area contributed by atoms with Gasteiger partial charge in [0, 0.05) is 17.6 Å². The largest absolute Gasteiger partial charge is 0.312 e. The molecule has 3 heteroatoms. The minimum atomic E-state index is 0.699. The molecule has 1 aromatic carbocycles. The monoisotopic (exact) mass is 340 g/mol. The summed E-state index contributed by atoms with van der Waals surface area (Å²) < 4.78 is 1.23. The van der Waals surface area contributed by atoms with Crippen LogP contribution in [0.5, 0.6) is 0 Å². The molecule has 0 aromatic heterocycles. The lowest BCUT2D eigenvalue weighted by Gasteiger charge is -2.17. The third kappa shape index (κ3) is 6.87. The summed E-state index contributed by atoms with van der Waals surface area (Å²) in [6, 6.07) is 6.73. The molecule has 1 N–H and O–H groups in total. The zero-order valence-electron chi connectivity index (χ0n) is 13.4. The molecular formula is C17H29BrN2. The van der Waals surface area contributed by atoms with Crippen LogP contribution in [-0.4, -0.2) is 25.0 Å². The molecule has 2 nitrogen and oxygen atoms in total. The Kier molecular flexibility index (Phi) is 8.43. The number of rotatable bonds is 9. The van der Waals surface area contributed by atoms with E-state index in [0.29, 0.717) is 5.92 Å². The molecule has 1 aromatic rings. The normalized spacial score (nSPS) is 11.6. The Balaban J connectivity index is 2.50. The van der Waals surface area contributed by atoms with E-state index in [9.17, 15) is 0 Å². The zero-order valence-corrected chi connectivity index (χ0v) is 15.0. The van der Waals surface area contributed by atoms with Gasteiger partial charge in [-0.05, 0) is 49.7 Å². The van der Waals surface area contributed by atoms with Gasteiger partial charge >= 0.3 is 0 Å². The van der Waals surface area contributed by atoms with Gasteiger partial charge in [0.2, 0.25) is 0 Å². The molecule has 114 valence electrons. The minimum absolute atomic E-state index is 0.699. The lowest BCUT2D eigenvalue weighted by Crippen LogP contribution is -2.20. The van der Waals surface area contributed by atoms with Crippen LogP contribution in [-0.2, 0) is 13.1 Å². The highest BCUT2D eigenvalue weighted by atomic mass is 79.9. The first-order valence-electron chi connectivity index (χ1n) is 7.69. The molecule has 0 unspecified atom stereocenters. The van der Waals surface area contributed by atoms with Crippen molar-refractivity contribution >= 4 is 15.9 Å². The lowest BCUT2D eigenvalue weighted by molar-refractivity contribution is 0.320. The Morgan fingerprint density at radius 3 is 2.65 bits per heavy atom. The van der Waals surface area contributed by atoms with Crippen molar-refractivity contribution in [2.24, 2.45) is 5.92 Å². The van der Waals surface area contributed by atoms with Crippen LogP contribution in [0, 0.1) is 5.92 Å². The SMILES string of the molecule is CCCCN(C)Cc1ccc(CNCC(C)C)cc1Br. The van der Waals surface area contributed by atoms with Gasteiger partial charge in [-0.15, -0.1) is 0 Å². The van der Waals surface area contributed by atoms with E-state index in [1.54, 1.807) is 0 Å². The fraction of sp³-hybridized carbons (Fsp3) is 0.647. The molecule has 0 saturated carbocycles. The summed E-state index contributed by atoms with van der Waals surface area (Å²) in [5, 5.41) is 3.49. The second-order valence-corrected chi connectivity index (χ2v) is 6.90. The predicted octanol–water partition coefficient (Wildman–Crippen LogP) is 4.43. The van der Waals surface area contributed by atoms with Gasteiger partial charge in [-0.25, -0.2) is 0 Å². The van der Waals surface area contributed by atoms with Gasteiger partial charge in [0.25, 0.3) is 0 Å². The van der Waals surface area contributed by atoms with E-state index in [0.717, 1.165) is 19.6 Å². The summed E-state index contributed by atoms with van der Waals surface area (Å²) in [6.07, 6.45) is 2.53. The molecule has 0 amide bonds. The van der Waals surface area contributed by atoms with Crippen LogP contribution in [0.25, 0.3) is 0 Å². The highest BCUT2D eigenvalue weighted by molar-refractivity contribution is 9.10. The smallest absolute Gasteiger partial charge is 0.0241 e. The van der Waals surface area contributed by atoms with Crippen molar-refractivity contribution in [2.75, 3.05) is 20.1 Å². The molecule has 0 spiro atoms. The maximum absolute atomic E-state index is 3.71. The van der Waals surface area contributed by atoms with Crippen molar-refractivity contribution in [1.29, 1.82) is 0 Å². The van der Waals surface area contributed by atoms with Crippen LogP contribution in [0.15, 0.2) is 22.7 Å². The van der Waals surface area contributed by atoms with Crippen LogP contribution in [0.3, 0.4) is 0 Å². The second-order valence-electron chi connectivity index (χ2n) is 6.04. The number of hydrogen-bond donors (Lipinski definition) is 1. The first-order valence-corrected chi connectivity index (χ1v) is 8.48. The first-order chi connectivity index (χ1) is 9.52. The molecule has 0 aliphatic heterocycles. The Morgan fingerprint density at radius 2 is 2.05 bits per heavy atom. The molecule has 1 rings (SSSR count). The van der Waals surface area contributed by atoms with Crippen LogP contribution in [0.2, 0.25) is 0 Å². The van der Waals surface area contributed by atoms with Gasteiger partial charge in [0.1, 0.15) is 0 Å². The van der Waals surface area contributed by atoms with E-state index in [1.165, 1.54) is 35.0 Å². The van der Waals surface area contributed by atoms with E-state index in [4.69, 9.17) is 0 Å². The molecular weight excluding hydrogens is 312 g/mol. The second kappa shape index (κ2) is 9.54. The van der Waals surface area contributed by atoms with E-state index in [1.807, 2.05) is 0 Å². The summed E-state index contributed by atoms with van der Waals surface area (Å²) in [4.78, 5) is 2.39. The number of unbranched alkanes of at least 4 members (excludes halogenated alkanes) is 1. The van der Waals surface area contributed by atoms with Gasteiger partial charge in [0.05, 0.1) is 0 Å². The van der Waals surface area contributed by atoms with Crippen LogP contribution in [0.1, 0.15) is 44.7 Å². The van der Waals surface area contributed by atoms with Gasteiger partial charge < -0.3 is 10.2 Å². The molecule has 0 bridgehead atoms. The average molecular weight is 341 g/mol. The standard InChI is InChI=1S/C17H29BrN2/c1-5-6-9-20(4)13-16-8-7-15(10-17(16)18)12-19-11-14(2)3/h7-8,10,14,19H,5-6,9,11-13H2,1-4H3. The quantitative estimate of drug-likeness (QED) is 0.715. The van der Waals surface area contributed by atoms with E-state index in [-0.39, 0.29) is 0 Å². The fourth-order valence-corrected chi connectivity index (χ4v) is 2.68. The zero-order chi connectivity index (χ0) is 15.0. The molecule has 0 heterocycles. The van der Waals surface area contributed by atoms with Gasteiger partial charge in [0.15, 0.2) is 0 Å². The molecule has 0 fully saturated rings. The first kappa shape index (κ1) is 17.7. The molecule has 20 heavy (non-hydrogen) atoms. The Bertz CT molecular complexity index is 391. The Hall–Kier alpha value is -0.380. The van der Waals surface area contributed by atoms with Crippen molar-refractivity contribution in [3.05, 3.63) is 33.8 Å². The van der Waals surface area contributed by atoms with Crippen molar-refractivity contribution in [3.8, 4) is 0 Å². The van der Waals surface area contributed by atoms with Crippen molar-refractivity contribution in [3.63, 3.8) is 0 Å². The summed E-state index contributed by atoms with van der Waals surface area (Å²) in [5.74, 6) is 0.699. The summed E-state index contributed by atoms with van der Waals surface area (Å²) in [5.41, 5.74) is 2.72. The Morgan fingerprint density at radius 1 is 1.30 bits per heavy atom. The maximum Gasteiger partial charge on any atom is 0.0241 e. The van der Waals surface area contributed by atoms with Crippen LogP contribution >= 0.6 is 15.9 Å². The van der Waals surface area contributed by atoms with Crippen LogP contribution in [0.4, 0.5) is 0 Å². The minimum Gasteiger partial charge on any atom is -0.312 e. The summed E-state index contributed by atoms with van der Waals surface area (Å²) >= 11 is 3.71. The van der Waals surface area contributed by atoms with E-state index < -0.39 is 0 Å². The van der Waals surface area contributed by atoms with E-state index >= 15 is 0 Å². The van der Waals surface area contributed by atoms with Crippen molar-refractivity contribution < 1.29 is 0 Å². The topological polar surface area (TPSA) is 15.3 Å². The highest BCUT2D eigenvalue weighted by Gasteiger charge is 2.05. The van der Waals surface area contributed by atoms with Gasteiger partial charge in [-0.1, -0.05) is 55.3 Å². The third-order valence-corrected chi connectivity index (χ3v) is 4.07.